The van der Waals surface area contributed by atoms with Crippen LogP contribution in [-0.4, -0.2) is 33.0 Å². The summed E-state index contributed by atoms with van der Waals surface area (Å²) in [4.78, 5) is 4.42. The minimum atomic E-state index is -4.42. The number of hydrogen-bond donors (Lipinski definition) is 1. The van der Waals surface area contributed by atoms with Gasteiger partial charge in [0.25, 0.3) is 5.89 Å². The van der Waals surface area contributed by atoms with Gasteiger partial charge in [-0.15, -0.1) is 12.4 Å². The van der Waals surface area contributed by atoms with Crippen LogP contribution in [0.1, 0.15) is 24.3 Å². The second kappa shape index (κ2) is 7.32. The van der Waals surface area contributed by atoms with Crippen molar-refractivity contribution >= 4 is 12.4 Å². The Morgan fingerprint density at radius 1 is 1.15 bits per heavy atom. The molecule has 3 heterocycles. The van der Waals surface area contributed by atoms with E-state index in [1.54, 1.807) is 10.9 Å². The predicted molar refractivity (Wildman–Crippen MR) is 93.4 cm³/mol. The van der Waals surface area contributed by atoms with Crippen molar-refractivity contribution in [3.05, 3.63) is 54.2 Å². The number of nitrogens with zero attached hydrogens (tertiary/aromatic N) is 4. The fourth-order valence-corrected chi connectivity index (χ4v) is 3.27. The molecule has 0 bridgehead atoms. The standard InChI is InChI=1S/C17H16F3N5O.ClH/c18-17(19,20)13-4-1-3-12(11-13)14-23-15(26-24-14)16(5-8-21-9-6-16)25-10-2-7-22-25;/h1-4,7,10-11,21H,5-6,8-9H2;1H. The van der Waals surface area contributed by atoms with E-state index in [-0.39, 0.29) is 23.8 Å². The molecule has 3 aromatic rings. The van der Waals surface area contributed by atoms with Gasteiger partial charge >= 0.3 is 6.18 Å². The van der Waals surface area contributed by atoms with Crippen LogP contribution in [0.25, 0.3) is 11.4 Å². The SMILES string of the molecule is Cl.FC(F)(F)c1cccc(-c2noc(C3(n4cccn4)CCNCC3)n2)c1. The minimum Gasteiger partial charge on any atom is -0.336 e. The second-order valence-electron chi connectivity index (χ2n) is 6.23. The molecule has 0 amide bonds. The first-order valence-electron chi connectivity index (χ1n) is 8.22. The van der Waals surface area contributed by atoms with E-state index in [4.69, 9.17) is 4.52 Å². The third-order valence-corrected chi connectivity index (χ3v) is 4.65. The normalized spacial score (nSPS) is 16.7. The minimum absolute atomic E-state index is 0. The highest BCUT2D eigenvalue weighted by atomic mass is 35.5. The zero-order valence-corrected chi connectivity index (χ0v) is 14.9. The molecule has 144 valence electrons. The number of rotatable bonds is 3. The van der Waals surface area contributed by atoms with Crippen molar-refractivity contribution in [2.24, 2.45) is 0 Å². The summed E-state index contributed by atoms with van der Waals surface area (Å²) >= 11 is 0. The van der Waals surface area contributed by atoms with Gasteiger partial charge in [0.15, 0.2) is 0 Å². The Hall–Kier alpha value is -2.39. The first-order valence-corrected chi connectivity index (χ1v) is 8.22. The summed E-state index contributed by atoms with van der Waals surface area (Å²) < 4.78 is 46.1. The van der Waals surface area contributed by atoms with Gasteiger partial charge in [0.2, 0.25) is 5.82 Å². The highest BCUT2D eigenvalue weighted by Crippen LogP contribution is 2.35. The Morgan fingerprint density at radius 3 is 2.59 bits per heavy atom. The zero-order valence-electron chi connectivity index (χ0n) is 14.1. The van der Waals surface area contributed by atoms with Crippen LogP contribution in [-0.2, 0) is 11.7 Å². The topological polar surface area (TPSA) is 68.8 Å². The molecule has 1 aliphatic heterocycles. The molecule has 4 rings (SSSR count). The van der Waals surface area contributed by atoms with Gasteiger partial charge in [-0.1, -0.05) is 17.3 Å². The van der Waals surface area contributed by atoms with Gasteiger partial charge in [-0.2, -0.15) is 23.3 Å². The van der Waals surface area contributed by atoms with Gasteiger partial charge < -0.3 is 9.84 Å². The fourth-order valence-electron chi connectivity index (χ4n) is 3.27. The Labute approximate surface area is 159 Å². The summed E-state index contributed by atoms with van der Waals surface area (Å²) in [6, 6.07) is 6.73. The van der Waals surface area contributed by atoms with Crippen LogP contribution in [0.15, 0.2) is 47.2 Å². The predicted octanol–water partition coefficient (Wildman–Crippen LogP) is 3.50. The van der Waals surface area contributed by atoms with Gasteiger partial charge in [-0.3, -0.25) is 4.68 Å². The molecule has 10 heteroatoms. The molecular weight excluding hydrogens is 383 g/mol. The summed E-state index contributed by atoms with van der Waals surface area (Å²) in [7, 11) is 0. The average molecular weight is 400 g/mol. The molecule has 2 aromatic heterocycles. The lowest BCUT2D eigenvalue weighted by atomic mass is 9.88. The number of hydrogen-bond acceptors (Lipinski definition) is 5. The number of benzene rings is 1. The van der Waals surface area contributed by atoms with Gasteiger partial charge in [-0.05, 0) is 44.1 Å². The van der Waals surface area contributed by atoms with E-state index in [2.05, 4.69) is 20.6 Å². The van der Waals surface area contributed by atoms with Gasteiger partial charge in [0.05, 0.1) is 5.56 Å². The molecule has 0 radical (unpaired) electrons. The summed E-state index contributed by atoms with van der Waals surface area (Å²) in [5.41, 5.74) is -1.08. The molecule has 0 saturated carbocycles. The lowest BCUT2D eigenvalue weighted by Crippen LogP contribution is -2.45. The number of nitrogens with one attached hydrogen (secondary N) is 1. The number of halogens is 4. The number of aromatic nitrogens is 4. The molecule has 0 aliphatic carbocycles. The van der Waals surface area contributed by atoms with Crippen LogP contribution in [0, 0.1) is 0 Å². The lowest BCUT2D eigenvalue weighted by Gasteiger charge is -2.34. The Bertz CT molecular complexity index is 888. The van der Waals surface area contributed by atoms with Crippen molar-refractivity contribution in [3.63, 3.8) is 0 Å². The fraction of sp³-hybridized carbons (Fsp3) is 0.353. The van der Waals surface area contributed by atoms with Crippen molar-refractivity contribution in [1.29, 1.82) is 0 Å². The van der Waals surface area contributed by atoms with Crippen molar-refractivity contribution in [2.45, 2.75) is 24.6 Å². The number of piperidine rings is 1. The highest BCUT2D eigenvalue weighted by molar-refractivity contribution is 5.85. The van der Waals surface area contributed by atoms with Gasteiger partial charge in [0, 0.05) is 18.0 Å². The Morgan fingerprint density at radius 2 is 1.93 bits per heavy atom. The molecule has 0 unspecified atom stereocenters. The van der Waals surface area contributed by atoms with Crippen molar-refractivity contribution in [2.75, 3.05) is 13.1 Å². The molecule has 1 aliphatic rings. The van der Waals surface area contributed by atoms with E-state index in [0.717, 1.165) is 25.2 Å². The first kappa shape index (κ1) is 19.4. The first-order chi connectivity index (χ1) is 12.5. The van der Waals surface area contributed by atoms with Crippen LogP contribution < -0.4 is 5.32 Å². The molecule has 0 spiro atoms. The maximum absolute atomic E-state index is 12.9. The second-order valence-corrected chi connectivity index (χ2v) is 6.23. The van der Waals surface area contributed by atoms with Crippen LogP contribution in [0.4, 0.5) is 13.2 Å². The lowest BCUT2D eigenvalue weighted by molar-refractivity contribution is -0.137. The molecular formula is C17H17ClF3N5O. The molecule has 1 fully saturated rings. The Balaban J connectivity index is 0.00000210. The summed E-state index contributed by atoms with van der Waals surface area (Å²) in [5.74, 6) is 0.492. The zero-order chi connectivity index (χ0) is 18.2. The summed E-state index contributed by atoms with van der Waals surface area (Å²) in [6.07, 6.45) is 0.471. The van der Waals surface area contributed by atoms with Gasteiger partial charge in [0.1, 0.15) is 5.54 Å². The van der Waals surface area contributed by atoms with E-state index in [9.17, 15) is 13.2 Å². The van der Waals surface area contributed by atoms with E-state index < -0.39 is 17.3 Å². The third-order valence-electron chi connectivity index (χ3n) is 4.65. The Kier molecular flexibility index (Phi) is 5.25. The maximum Gasteiger partial charge on any atom is 0.416 e. The van der Waals surface area contributed by atoms with Crippen LogP contribution in [0.3, 0.4) is 0 Å². The molecule has 1 N–H and O–H groups in total. The van der Waals surface area contributed by atoms with E-state index in [1.165, 1.54) is 12.1 Å². The number of alkyl halides is 3. The van der Waals surface area contributed by atoms with E-state index in [0.29, 0.717) is 18.7 Å². The van der Waals surface area contributed by atoms with Crippen molar-refractivity contribution in [3.8, 4) is 11.4 Å². The van der Waals surface area contributed by atoms with E-state index in [1.807, 2.05) is 12.3 Å². The van der Waals surface area contributed by atoms with Crippen LogP contribution in [0.2, 0.25) is 0 Å². The smallest absolute Gasteiger partial charge is 0.336 e. The average Bonchev–Trinajstić information content (AvgIpc) is 3.34. The summed E-state index contributed by atoms with van der Waals surface area (Å²) in [6.45, 7) is 1.50. The van der Waals surface area contributed by atoms with Crippen LogP contribution >= 0.6 is 12.4 Å². The molecule has 0 atom stereocenters. The molecule has 1 aromatic carbocycles. The van der Waals surface area contributed by atoms with Gasteiger partial charge in [-0.25, -0.2) is 0 Å². The van der Waals surface area contributed by atoms with E-state index >= 15 is 0 Å². The summed E-state index contributed by atoms with van der Waals surface area (Å²) in [5, 5.41) is 11.5. The largest absolute Gasteiger partial charge is 0.416 e. The van der Waals surface area contributed by atoms with Crippen molar-refractivity contribution in [1.82, 2.24) is 25.2 Å². The van der Waals surface area contributed by atoms with Crippen LogP contribution in [0.5, 0.6) is 0 Å². The highest BCUT2D eigenvalue weighted by Gasteiger charge is 2.42. The monoisotopic (exact) mass is 399 g/mol. The molecule has 27 heavy (non-hydrogen) atoms. The maximum atomic E-state index is 12.9. The third kappa shape index (κ3) is 3.57. The quantitative estimate of drug-likeness (QED) is 0.730. The van der Waals surface area contributed by atoms with Crippen molar-refractivity contribution < 1.29 is 17.7 Å². The molecule has 1 saturated heterocycles. The molecule has 6 nitrogen and oxygen atoms in total.